The van der Waals surface area contributed by atoms with Gasteiger partial charge in [-0.15, -0.1) is 0 Å². The van der Waals surface area contributed by atoms with E-state index in [2.05, 4.69) is 14.9 Å². The molecule has 2 aromatic rings. The van der Waals surface area contributed by atoms with Crippen LogP contribution in [0.5, 0.6) is 17.6 Å². The molecule has 7 heteroatoms. The summed E-state index contributed by atoms with van der Waals surface area (Å²) in [6.07, 6.45) is 1.21. The Bertz CT molecular complexity index is 574. The molecule has 0 fully saturated rings. The molecule has 0 unspecified atom stereocenters. The summed E-state index contributed by atoms with van der Waals surface area (Å²) in [5, 5.41) is 0. The molecule has 0 bridgehead atoms. The summed E-state index contributed by atoms with van der Waals surface area (Å²) in [4.78, 5) is 28.1. The summed E-state index contributed by atoms with van der Waals surface area (Å²) in [7, 11) is 1.28. The molecule has 0 saturated carbocycles. The number of amides is 1. The Morgan fingerprint density at radius 2 is 2.00 bits per heavy atom. The zero-order valence-corrected chi connectivity index (χ0v) is 10.1. The molecule has 2 rings (SSSR count). The van der Waals surface area contributed by atoms with Crippen LogP contribution in [0.3, 0.4) is 0 Å². The largest absolute Gasteiger partial charge is 0.424 e. The molecule has 1 aromatic heterocycles. The number of aromatic nitrogens is 2. The number of hydrogen-bond acceptors (Lipinski definition) is 6. The van der Waals surface area contributed by atoms with Crippen LogP contribution in [-0.4, -0.2) is 23.0 Å². The lowest BCUT2D eigenvalue weighted by Crippen LogP contribution is -2.14. The van der Waals surface area contributed by atoms with Crippen molar-refractivity contribution in [3.8, 4) is 17.6 Å². The average molecular weight is 261 g/mol. The molecule has 0 radical (unpaired) electrons. The number of nitrogens with two attached hydrogens (primary N) is 1. The Kier molecular flexibility index (Phi) is 3.89. The van der Waals surface area contributed by atoms with Crippen molar-refractivity contribution in [2.24, 2.45) is 5.73 Å². The third kappa shape index (κ3) is 3.17. The number of para-hydroxylation sites is 1. The van der Waals surface area contributed by atoms with Gasteiger partial charge in [-0.25, -0.2) is 4.98 Å². The fourth-order valence-electron chi connectivity index (χ4n) is 1.31. The molecule has 0 aliphatic carbocycles. The Balaban J connectivity index is 2.27. The van der Waals surface area contributed by atoms with E-state index in [0.717, 1.165) is 0 Å². The fraction of sp³-hybridized carbons (Fsp3) is 0.0833. The molecule has 0 spiro atoms. The Labute approximate surface area is 108 Å². The highest BCUT2D eigenvalue weighted by Crippen LogP contribution is 2.21. The van der Waals surface area contributed by atoms with E-state index in [1.165, 1.54) is 13.3 Å². The monoisotopic (exact) mass is 261 g/mol. The highest BCUT2D eigenvalue weighted by atomic mass is 17.2. The van der Waals surface area contributed by atoms with Gasteiger partial charge in [-0.3, -0.25) is 4.79 Å². The van der Waals surface area contributed by atoms with Gasteiger partial charge in [0.2, 0.25) is 0 Å². The summed E-state index contributed by atoms with van der Waals surface area (Å²) in [6, 6.07) is 8.95. The number of hydrogen-bond donors (Lipinski definition) is 1. The summed E-state index contributed by atoms with van der Waals surface area (Å²) < 4.78 is 5.39. The standard InChI is InChI=1S/C12H11N3O4/c1-17-19-11-9(10(13)16)7-14-12(15-11)18-8-5-3-2-4-6-8/h2-7H,1H3,(H2,13,16). The molecule has 1 aromatic carbocycles. The third-order valence-electron chi connectivity index (χ3n) is 2.11. The van der Waals surface area contributed by atoms with Gasteiger partial charge in [-0.05, 0) is 12.1 Å². The molecule has 0 saturated heterocycles. The molecule has 1 heterocycles. The van der Waals surface area contributed by atoms with Crippen molar-refractivity contribution < 1.29 is 19.3 Å². The Morgan fingerprint density at radius 1 is 1.26 bits per heavy atom. The molecule has 19 heavy (non-hydrogen) atoms. The predicted octanol–water partition coefficient (Wildman–Crippen LogP) is 1.31. The van der Waals surface area contributed by atoms with Crippen molar-refractivity contribution in [3.63, 3.8) is 0 Å². The van der Waals surface area contributed by atoms with E-state index in [9.17, 15) is 4.79 Å². The maximum Gasteiger partial charge on any atom is 0.325 e. The van der Waals surface area contributed by atoms with Gasteiger partial charge >= 0.3 is 6.01 Å². The molecule has 7 nitrogen and oxygen atoms in total. The van der Waals surface area contributed by atoms with Crippen LogP contribution in [-0.2, 0) is 4.89 Å². The van der Waals surface area contributed by atoms with E-state index in [0.29, 0.717) is 5.75 Å². The molecule has 0 atom stereocenters. The first-order chi connectivity index (χ1) is 9.20. The molecule has 1 amide bonds. The van der Waals surface area contributed by atoms with Gasteiger partial charge in [0.1, 0.15) is 11.3 Å². The molecule has 98 valence electrons. The van der Waals surface area contributed by atoms with Crippen molar-refractivity contribution >= 4 is 5.91 Å². The Morgan fingerprint density at radius 3 is 2.63 bits per heavy atom. The molecular formula is C12H11N3O4. The van der Waals surface area contributed by atoms with Crippen LogP contribution in [0.25, 0.3) is 0 Å². The van der Waals surface area contributed by atoms with E-state index in [4.69, 9.17) is 15.4 Å². The maximum atomic E-state index is 11.1. The van der Waals surface area contributed by atoms with E-state index in [-0.39, 0.29) is 17.5 Å². The number of benzene rings is 1. The minimum absolute atomic E-state index is 0.00209. The molecule has 0 aliphatic heterocycles. The van der Waals surface area contributed by atoms with Gasteiger partial charge in [-0.2, -0.15) is 9.87 Å². The predicted molar refractivity (Wildman–Crippen MR) is 64.7 cm³/mol. The second-order valence-electron chi connectivity index (χ2n) is 3.40. The topological polar surface area (TPSA) is 96.6 Å². The lowest BCUT2D eigenvalue weighted by molar-refractivity contribution is -0.182. The quantitative estimate of drug-likeness (QED) is 0.643. The lowest BCUT2D eigenvalue weighted by Gasteiger charge is -2.07. The molecular weight excluding hydrogens is 250 g/mol. The number of nitrogens with zero attached hydrogens (tertiary/aromatic N) is 2. The summed E-state index contributed by atoms with van der Waals surface area (Å²) in [6.45, 7) is 0. The van der Waals surface area contributed by atoms with Crippen LogP contribution in [0, 0.1) is 0 Å². The number of carbonyl (C=O) groups excluding carboxylic acids is 1. The first-order valence-corrected chi connectivity index (χ1v) is 5.31. The number of carbonyl (C=O) groups is 1. The third-order valence-corrected chi connectivity index (χ3v) is 2.11. The number of ether oxygens (including phenoxy) is 1. The SMILES string of the molecule is COOc1nc(Oc2ccccc2)ncc1C(N)=O. The zero-order valence-electron chi connectivity index (χ0n) is 10.1. The van der Waals surface area contributed by atoms with Crippen LogP contribution in [0.4, 0.5) is 0 Å². The highest BCUT2D eigenvalue weighted by molar-refractivity contribution is 5.94. The van der Waals surface area contributed by atoms with Crippen molar-refractivity contribution in [2.45, 2.75) is 0 Å². The second-order valence-corrected chi connectivity index (χ2v) is 3.40. The van der Waals surface area contributed by atoms with Crippen LogP contribution < -0.4 is 15.4 Å². The minimum atomic E-state index is -0.724. The summed E-state index contributed by atoms with van der Waals surface area (Å²) in [5.74, 6) is -0.271. The fourth-order valence-corrected chi connectivity index (χ4v) is 1.31. The van der Waals surface area contributed by atoms with Crippen molar-refractivity contribution in [3.05, 3.63) is 42.1 Å². The smallest absolute Gasteiger partial charge is 0.325 e. The van der Waals surface area contributed by atoms with Gasteiger partial charge in [-0.1, -0.05) is 18.2 Å². The first-order valence-electron chi connectivity index (χ1n) is 5.31. The normalized spacial score (nSPS) is 9.95. The lowest BCUT2D eigenvalue weighted by atomic mass is 10.3. The van der Waals surface area contributed by atoms with Crippen LogP contribution in [0.2, 0.25) is 0 Å². The Hall–Kier alpha value is -2.67. The average Bonchev–Trinajstić information content (AvgIpc) is 2.40. The molecule has 0 aliphatic rings. The first kappa shape index (κ1) is 12.8. The van der Waals surface area contributed by atoms with E-state index in [1.54, 1.807) is 24.3 Å². The van der Waals surface area contributed by atoms with Gasteiger partial charge < -0.3 is 15.4 Å². The number of rotatable bonds is 5. The van der Waals surface area contributed by atoms with E-state index < -0.39 is 5.91 Å². The van der Waals surface area contributed by atoms with Crippen LogP contribution >= 0.6 is 0 Å². The minimum Gasteiger partial charge on any atom is -0.424 e. The van der Waals surface area contributed by atoms with Gasteiger partial charge in [0.25, 0.3) is 11.8 Å². The highest BCUT2D eigenvalue weighted by Gasteiger charge is 2.15. The van der Waals surface area contributed by atoms with E-state index >= 15 is 0 Å². The van der Waals surface area contributed by atoms with Crippen LogP contribution in [0.1, 0.15) is 10.4 Å². The van der Waals surface area contributed by atoms with Crippen molar-refractivity contribution in [1.29, 1.82) is 0 Å². The zero-order chi connectivity index (χ0) is 13.7. The van der Waals surface area contributed by atoms with Crippen molar-refractivity contribution in [2.75, 3.05) is 7.11 Å². The summed E-state index contributed by atoms with van der Waals surface area (Å²) >= 11 is 0. The van der Waals surface area contributed by atoms with Gasteiger partial charge in [0.05, 0.1) is 13.3 Å². The van der Waals surface area contributed by atoms with E-state index in [1.807, 2.05) is 6.07 Å². The second kappa shape index (κ2) is 5.78. The summed E-state index contributed by atoms with van der Waals surface area (Å²) in [5.41, 5.74) is 5.15. The maximum absolute atomic E-state index is 11.1. The van der Waals surface area contributed by atoms with Crippen LogP contribution in [0.15, 0.2) is 36.5 Å². The van der Waals surface area contributed by atoms with Gasteiger partial charge in [0, 0.05) is 0 Å². The van der Waals surface area contributed by atoms with Crippen molar-refractivity contribution in [1.82, 2.24) is 9.97 Å². The number of primary amides is 1. The molecule has 2 N–H and O–H groups in total. The van der Waals surface area contributed by atoms with Gasteiger partial charge in [0.15, 0.2) is 0 Å².